The van der Waals surface area contributed by atoms with Crippen LogP contribution in [0.1, 0.15) is 42.3 Å². The van der Waals surface area contributed by atoms with E-state index in [0.29, 0.717) is 43.3 Å². The summed E-state index contributed by atoms with van der Waals surface area (Å²) in [5.74, 6) is 1.46. The molecular weight excluding hydrogens is 508 g/mol. The third-order valence-electron chi connectivity index (χ3n) is 6.44. The van der Waals surface area contributed by atoms with Crippen LogP contribution < -0.4 is 14.8 Å². The van der Waals surface area contributed by atoms with Crippen molar-refractivity contribution in [1.29, 1.82) is 0 Å². The number of aromatic nitrogens is 1. The molecule has 0 fully saturated rings. The zero-order valence-electron chi connectivity index (χ0n) is 22.8. The van der Waals surface area contributed by atoms with Gasteiger partial charge in [-0.2, -0.15) is 0 Å². The van der Waals surface area contributed by atoms with Gasteiger partial charge in [-0.1, -0.05) is 49.4 Å². The fourth-order valence-electron chi connectivity index (χ4n) is 4.25. The Labute approximate surface area is 234 Å². The van der Waals surface area contributed by atoms with Crippen molar-refractivity contribution in [2.75, 3.05) is 6.61 Å². The second kappa shape index (κ2) is 14.0. The van der Waals surface area contributed by atoms with Crippen molar-refractivity contribution in [3.8, 4) is 23.0 Å². The number of carboxylic acid groups (broad SMARTS) is 1. The third kappa shape index (κ3) is 7.96. The summed E-state index contributed by atoms with van der Waals surface area (Å²) in [5, 5.41) is 12.1. The fraction of sp³-hybridized carbons (Fsp3) is 0.281. The molecule has 40 heavy (non-hydrogen) atoms. The second-order valence-corrected chi connectivity index (χ2v) is 9.36. The lowest BCUT2D eigenvalue weighted by Crippen LogP contribution is -2.37. The van der Waals surface area contributed by atoms with Crippen LogP contribution in [0.4, 0.5) is 0 Å². The highest BCUT2D eigenvalue weighted by molar-refractivity contribution is 5.81. The highest BCUT2D eigenvalue weighted by Gasteiger charge is 2.19. The van der Waals surface area contributed by atoms with Gasteiger partial charge in [0.1, 0.15) is 17.3 Å². The molecule has 0 saturated heterocycles. The van der Waals surface area contributed by atoms with Crippen LogP contribution in [-0.2, 0) is 29.0 Å². The van der Waals surface area contributed by atoms with Gasteiger partial charge in [0.15, 0.2) is 6.10 Å². The van der Waals surface area contributed by atoms with E-state index in [1.165, 1.54) is 0 Å². The lowest BCUT2D eigenvalue weighted by Gasteiger charge is -2.18. The van der Waals surface area contributed by atoms with Gasteiger partial charge >= 0.3 is 5.97 Å². The summed E-state index contributed by atoms with van der Waals surface area (Å²) < 4.78 is 17.7. The molecule has 1 amide bonds. The van der Waals surface area contributed by atoms with Crippen LogP contribution in [0, 0.1) is 6.92 Å². The summed E-state index contributed by atoms with van der Waals surface area (Å²) in [6.07, 6.45) is 0.757. The van der Waals surface area contributed by atoms with E-state index in [2.05, 4.69) is 10.3 Å². The first-order valence-corrected chi connectivity index (χ1v) is 13.4. The minimum atomic E-state index is -0.879. The van der Waals surface area contributed by atoms with Gasteiger partial charge in [0.2, 0.25) is 5.89 Å². The number of carbonyl (C=O) groups excluding carboxylic acids is 1. The number of aliphatic carboxylic acids is 1. The predicted molar refractivity (Wildman–Crippen MR) is 151 cm³/mol. The topological polar surface area (TPSA) is 111 Å². The molecular formula is C32H34N2O6. The molecule has 0 radical (unpaired) electrons. The van der Waals surface area contributed by atoms with E-state index in [9.17, 15) is 14.7 Å². The normalized spacial score (nSPS) is 11.6. The van der Waals surface area contributed by atoms with Gasteiger partial charge in [0.25, 0.3) is 5.91 Å². The molecule has 0 aliphatic heterocycles. The number of para-hydroxylation sites is 1. The van der Waals surface area contributed by atoms with Gasteiger partial charge < -0.3 is 24.3 Å². The summed E-state index contributed by atoms with van der Waals surface area (Å²) in [6.45, 7) is 4.38. The first-order chi connectivity index (χ1) is 19.4. The van der Waals surface area contributed by atoms with Gasteiger partial charge in [-0.3, -0.25) is 9.59 Å². The Morgan fingerprint density at radius 1 is 0.950 bits per heavy atom. The maximum atomic E-state index is 12.9. The number of carboxylic acids is 1. The van der Waals surface area contributed by atoms with E-state index in [1.807, 2.05) is 92.7 Å². The van der Waals surface area contributed by atoms with Gasteiger partial charge in [-0.05, 0) is 67.3 Å². The highest BCUT2D eigenvalue weighted by Crippen LogP contribution is 2.23. The average Bonchev–Trinajstić information content (AvgIpc) is 3.35. The van der Waals surface area contributed by atoms with Gasteiger partial charge in [-0.25, -0.2) is 4.98 Å². The fourth-order valence-corrected chi connectivity index (χ4v) is 4.25. The van der Waals surface area contributed by atoms with E-state index in [-0.39, 0.29) is 18.9 Å². The molecule has 2 N–H and O–H groups in total. The Bertz CT molecular complexity index is 1400. The summed E-state index contributed by atoms with van der Waals surface area (Å²) in [7, 11) is 0. The van der Waals surface area contributed by atoms with Crippen LogP contribution in [0.3, 0.4) is 0 Å². The maximum Gasteiger partial charge on any atom is 0.303 e. The zero-order chi connectivity index (χ0) is 28.3. The van der Waals surface area contributed by atoms with Crippen molar-refractivity contribution < 1.29 is 28.6 Å². The van der Waals surface area contributed by atoms with Crippen LogP contribution in [0.2, 0.25) is 0 Å². The van der Waals surface area contributed by atoms with Crippen LogP contribution >= 0.6 is 0 Å². The van der Waals surface area contributed by atoms with Crippen molar-refractivity contribution in [2.24, 2.45) is 0 Å². The highest BCUT2D eigenvalue weighted by atomic mass is 16.5. The molecule has 1 aromatic heterocycles. The van der Waals surface area contributed by atoms with Crippen LogP contribution in [0.5, 0.6) is 11.5 Å². The number of nitrogens with zero attached hydrogens (tertiary/aromatic N) is 1. The van der Waals surface area contributed by atoms with Gasteiger partial charge in [0, 0.05) is 24.9 Å². The number of ether oxygens (including phenoxy) is 2. The largest absolute Gasteiger partial charge is 0.493 e. The van der Waals surface area contributed by atoms with Crippen LogP contribution in [0.15, 0.2) is 83.3 Å². The first kappa shape index (κ1) is 28.4. The quantitative estimate of drug-likeness (QED) is 0.208. The van der Waals surface area contributed by atoms with Crippen molar-refractivity contribution in [3.63, 3.8) is 0 Å². The average molecular weight is 543 g/mol. The van der Waals surface area contributed by atoms with E-state index in [0.717, 1.165) is 28.1 Å². The van der Waals surface area contributed by atoms with Crippen LogP contribution in [0.25, 0.3) is 11.5 Å². The SMILES string of the molecule is CCC(Oc1ccccc1)C(=O)NCc1cc(OCCc2nc(-c3ccccc3)oc2C)ccc1CCC(=O)O. The lowest BCUT2D eigenvalue weighted by molar-refractivity contribution is -0.137. The number of aryl methyl sites for hydroxylation is 2. The Hall–Kier alpha value is -4.59. The van der Waals surface area contributed by atoms with Crippen molar-refractivity contribution in [3.05, 3.63) is 101 Å². The molecule has 3 aromatic carbocycles. The monoisotopic (exact) mass is 542 g/mol. The Balaban J connectivity index is 1.39. The number of oxazole rings is 1. The number of nitrogens with one attached hydrogen (secondary N) is 1. The molecule has 8 heteroatoms. The molecule has 208 valence electrons. The maximum absolute atomic E-state index is 12.9. The van der Waals surface area contributed by atoms with Crippen molar-refractivity contribution in [1.82, 2.24) is 10.3 Å². The van der Waals surface area contributed by atoms with Crippen molar-refractivity contribution >= 4 is 11.9 Å². The molecule has 0 spiro atoms. The van der Waals surface area contributed by atoms with E-state index < -0.39 is 12.1 Å². The third-order valence-corrected chi connectivity index (χ3v) is 6.44. The molecule has 0 aliphatic carbocycles. The zero-order valence-corrected chi connectivity index (χ0v) is 22.8. The molecule has 1 atom stereocenters. The number of benzene rings is 3. The molecule has 0 bridgehead atoms. The molecule has 4 rings (SSSR count). The number of hydrogen-bond acceptors (Lipinski definition) is 6. The molecule has 0 saturated carbocycles. The minimum Gasteiger partial charge on any atom is -0.493 e. The summed E-state index contributed by atoms with van der Waals surface area (Å²) >= 11 is 0. The first-order valence-electron chi connectivity index (χ1n) is 13.4. The van der Waals surface area contributed by atoms with E-state index in [4.69, 9.17) is 13.9 Å². The number of carbonyl (C=O) groups is 2. The lowest BCUT2D eigenvalue weighted by atomic mass is 10.0. The number of amides is 1. The summed E-state index contributed by atoms with van der Waals surface area (Å²) in [5.41, 5.74) is 3.38. The number of hydrogen-bond donors (Lipinski definition) is 2. The second-order valence-electron chi connectivity index (χ2n) is 9.36. The molecule has 1 heterocycles. The van der Waals surface area contributed by atoms with E-state index in [1.54, 1.807) is 0 Å². The molecule has 0 aliphatic rings. The Morgan fingerprint density at radius 3 is 2.38 bits per heavy atom. The summed E-state index contributed by atoms with van der Waals surface area (Å²) in [6, 6.07) is 24.5. The standard InChI is InChI=1S/C32H34N2O6/c1-3-29(40-26-12-8-5-9-13-26)31(37)33-21-25-20-27(16-14-23(25)15-17-30(35)36)38-19-18-28-22(2)39-32(34-28)24-10-6-4-7-11-24/h4-14,16,20,29H,3,15,17-19,21H2,1-2H3,(H,33,37)(H,35,36). The molecule has 4 aromatic rings. The van der Waals surface area contributed by atoms with E-state index >= 15 is 0 Å². The smallest absolute Gasteiger partial charge is 0.303 e. The molecule has 1 unspecified atom stereocenters. The molecule has 8 nitrogen and oxygen atoms in total. The van der Waals surface area contributed by atoms with Gasteiger partial charge in [0.05, 0.1) is 12.3 Å². The number of rotatable bonds is 14. The predicted octanol–water partition coefficient (Wildman–Crippen LogP) is 5.76. The van der Waals surface area contributed by atoms with Crippen molar-refractivity contribution in [2.45, 2.75) is 52.2 Å². The van der Waals surface area contributed by atoms with Crippen LogP contribution in [-0.4, -0.2) is 34.7 Å². The summed E-state index contributed by atoms with van der Waals surface area (Å²) in [4.78, 5) is 28.7. The minimum absolute atomic E-state index is 0.00889. The Morgan fingerprint density at radius 2 is 1.68 bits per heavy atom. The Kier molecular flexibility index (Phi) is 9.93. The van der Waals surface area contributed by atoms with Gasteiger partial charge in [-0.15, -0.1) is 0 Å².